The van der Waals surface area contributed by atoms with Crippen LogP contribution in [0.2, 0.25) is 0 Å². The maximum atomic E-state index is 12.1. The Labute approximate surface area is 136 Å². The van der Waals surface area contributed by atoms with Gasteiger partial charge >= 0.3 is 0 Å². The first-order valence-electron chi connectivity index (χ1n) is 6.93. The average molecular weight is 325 g/mol. The van der Waals surface area contributed by atoms with Gasteiger partial charge in [-0.15, -0.1) is 12.4 Å². The molecule has 22 heavy (non-hydrogen) atoms. The molecule has 0 aliphatic carbocycles. The molecule has 6 heteroatoms. The van der Waals surface area contributed by atoms with E-state index in [2.05, 4.69) is 5.32 Å². The van der Waals surface area contributed by atoms with E-state index >= 15 is 0 Å². The number of carbonyl (C=O) groups is 1. The molecule has 1 heterocycles. The smallest absolute Gasteiger partial charge is 0.287 e. The fourth-order valence-electron chi connectivity index (χ4n) is 1.76. The third kappa shape index (κ3) is 5.09. The molecule has 1 amide bonds. The highest BCUT2D eigenvalue weighted by molar-refractivity contribution is 5.92. The summed E-state index contributed by atoms with van der Waals surface area (Å²) < 4.78 is 10.9. The van der Waals surface area contributed by atoms with Crippen molar-refractivity contribution in [3.8, 4) is 5.75 Å². The number of hydrogen-bond acceptors (Lipinski definition) is 4. The topological polar surface area (TPSA) is 77.5 Å². The van der Waals surface area contributed by atoms with Gasteiger partial charge in [0.15, 0.2) is 5.76 Å². The zero-order valence-corrected chi connectivity index (χ0v) is 13.3. The predicted octanol–water partition coefficient (Wildman–Crippen LogP) is 2.61. The Morgan fingerprint density at radius 2 is 2.05 bits per heavy atom. The molecule has 0 saturated carbocycles. The third-order valence-electron chi connectivity index (χ3n) is 3.10. The van der Waals surface area contributed by atoms with Gasteiger partial charge in [-0.05, 0) is 30.7 Å². The van der Waals surface area contributed by atoms with Crippen LogP contribution in [0.3, 0.4) is 0 Å². The van der Waals surface area contributed by atoms with Crippen LogP contribution in [-0.4, -0.2) is 19.0 Å². The van der Waals surface area contributed by atoms with Gasteiger partial charge in [0.1, 0.15) is 12.4 Å². The van der Waals surface area contributed by atoms with Crippen molar-refractivity contribution in [1.82, 2.24) is 5.32 Å². The summed E-state index contributed by atoms with van der Waals surface area (Å²) in [6.07, 6.45) is 1.49. The Bertz CT molecular complexity index is 572. The van der Waals surface area contributed by atoms with Gasteiger partial charge in [0.2, 0.25) is 0 Å². The first-order valence-corrected chi connectivity index (χ1v) is 6.93. The van der Waals surface area contributed by atoms with Gasteiger partial charge in [0, 0.05) is 12.1 Å². The number of amides is 1. The van der Waals surface area contributed by atoms with E-state index in [1.54, 1.807) is 6.07 Å². The number of para-hydroxylation sites is 1. The van der Waals surface area contributed by atoms with E-state index in [-0.39, 0.29) is 36.6 Å². The maximum absolute atomic E-state index is 12.1. The van der Waals surface area contributed by atoms with Gasteiger partial charge in [-0.1, -0.05) is 25.1 Å². The van der Waals surface area contributed by atoms with Crippen molar-refractivity contribution in [3.63, 3.8) is 0 Å². The van der Waals surface area contributed by atoms with Crippen molar-refractivity contribution in [2.45, 2.75) is 13.5 Å². The Kier molecular flexibility index (Phi) is 7.49. The Morgan fingerprint density at radius 3 is 2.73 bits per heavy atom. The molecule has 1 unspecified atom stereocenters. The van der Waals surface area contributed by atoms with E-state index in [1.807, 2.05) is 37.3 Å². The lowest BCUT2D eigenvalue weighted by Gasteiger charge is -2.10. The van der Waals surface area contributed by atoms with E-state index in [1.165, 1.54) is 6.26 Å². The number of carbonyl (C=O) groups excluding carboxylic acids is 1. The first kappa shape index (κ1) is 18.1. The minimum Gasteiger partial charge on any atom is -0.489 e. The summed E-state index contributed by atoms with van der Waals surface area (Å²) in [4.78, 5) is 12.1. The summed E-state index contributed by atoms with van der Waals surface area (Å²) in [5.74, 6) is 1.02. The second kappa shape index (κ2) is 9.12. The number of rotatable bonds is 7. The van der Waals surface area contributed by atoms with Crippen molar-refractivity contribution in [2.24, 2.45) is 11.7 Å². The Hall–Kier alpha value is -1.98. The summed E-state index contributed by atoms with van der Waals surface area (Å²) in [6.45, 7) is 3.31. The number of furan rings is 1. The highest BCUT2D eigenvalue weighted by Crippen LogP contribution is 2.15. The van der Waals surface area contributed by atoms with Crippen LogP contribution in [0.1, 0.15) is 23.0 Å². The molecule has 0 fully saturated rings. The molecular weight excluding hydrogens is 304 g/mol. The number of halogens is 1. The van der Waals surface area contributed by atoms with Gasteiger partial charge in [-0.25, -0.2) is 0 Å². The zero-order valence-electron chi connectivity index (χ0n) is 12.5. The van der Waals surface area contributed by atoms with Gasteiger partial charge in [0.25, 0.3) is 5.91 Å². The van der Waals surface area contributed by atoms with Crippen LogP contribution < -0.4 is 15.8 Å². The molecule has 0 saturated heterocycles. The first-order chi connectivity index (χ1) is 10.2. The molecule has 0 aliphatic heterocycles. The molecule has 2 rings (SSSR count). The van der Waals surface area contributed by atoms with Crippen molar-refractivity contribution in [2.75, 3.05) is 13.1 Å². The highest BCUT2D eigenvalue weighted by atomic mass is 35.5. The van der Waals surface area contributed by atoms with Crippen LogP contribution >= 0.6 is 12.4 Å². The molecule has 0 spiro atoms. The number of benzene rings is 1. The van der Waals surface area contributed by atoms with Gasteiger partial charge in [0.05, 0.1) is 6.26 Å². The molecule has 2 aromatic rings. The van der Waals surface area contributed by atoms with E-state index < -0.39 is 0 Å². The summed E-state index contributed by atoms with van der Waals surface area (Å²) >= 11 is 0. The molecule has 5 nitrogen and oxygen atoms in total. The molecule has 120 valence electrons. The predicted molar refractivity (Wildman–Crippen MR) is 87.3 cm³/mol. The monoisotopic (exact) mass is 324 g/mol. The van der Waals surface area contributed by atoms with Crippen molar-refractivity contribution >= 4 is 18.3 Å². The van der Waals surface area contributed by atoms with E-state index in [9.17, 15) is 4.79 Å². The minimum absolute atomic E-state index is 0. The SMILES string of the molecule is CC(CN)CNC(=O)c1occc1COc1ccccc1.Cl. The van der Waals surface area contributed by atoms with Crippen LogP contribution in [-0.2, 0) is 6.61 Å². The van der Waals surface area contributed by atoms with Crippen LogP contribution in [0, 0.1) is 5.92 Å². The lowest BCUT2D eigenvalue weighted by molar-refractivity contribution is 0.0917. The fraction of sp³-hybridized carbons (Fsp3) is 0.312. The fourth-order valence-corrected chi connectivity index (χ4v) is 1.76. The second-order valence-corrected chi connectivity index (χ2v) is 4.93. The van der Waals surface area contributed by atoms with Crippen molar-refractivity contribution < 1.29 is 13.9 Å². The van der Waals surface area contributed by atoms with E-state index in [0.29, 0.717) is 13.1 Å². The quantitative estimate of drug-likeness (QED) is 0.820. The summed E-state index contributed by atoms with van der Waals surface area (Å²) in [7, 11) is 0. The molecule has 0 radical (unpaired) electrons. The molecular formula is C16H21ClN2O3. The van der Waals surface area contributed by atoms with Crippen LogP contribution in [0.5, 0.6) is 5.75 Å². The van der Waals surface area contributed by atoms with Crippen molar-refractivity contribution in [1.29, 1.82) is 0 Å². The van der Waals surface area contributed by atoms with Crippen LogP contribution in [0.25, 0.3) is 0 Å². The Morgan fingerprint density at radius 1 is 1.32 bits per heavy atom. The summed E-state index contributed by atoms with van der Waals surface area (Å²) in [5.41, 5.74) is 6.24. The standard InChI is InChI=1S/C16H20N2O3.ClH/c1-12(9-17)10-18-16(19)15-13(7-8-20-15)11-21-14-5-3-2-4-6-14;/h2-8,12H,9-11,17H2,1H3,(H,18,19);1H. The number of nitrogens with two attached hydrogens (primary N) is 1. The normalized spacial score (nSPS) is 11.4. The maximum Gasteiger partial charge on any atom is 0.287 e. The second-order valence-electron chi connectivity index (χ2n) is 4.93. The molecule has 1 aromatic carbocycles. The number of nitrogens with one attached hydrogen (secondary N) is 1. The van der Waals surface area contributed by atoms with Gasteiger partial charge in [-0.2, -0.15) is 0 Å². The highest BCUT2D eigenvalue weighted by Gasteiger charge is 2.16. The average Bonchev–Trinajstić information content (AvgIpc) is 2.99. The van der Waals surface area contributed by atoms with Crippen LogP contribution in [0.15, 0.2) is 47.1 Å². The van der Waals surface area contributed by atoms with Crippen LogP contribution in [0.4, 0.5) is 0 Å². The molecule has 1 aromatic heterocycles. The minimum atomic E-state index is -0.244. The zero-order chi connectivity index (χ0) is 15.1. The molecule has 1 atom stereocenters. The largest absolute Gasteiger partial charge is 0.489 e. The lowest BCUT2D eigenvalue weighted by atomic mass is 10.2. The lowest BCUT2D eigenvalue weighted by Crippen LogP contribution is -2.31. The third-order valence-corrected chi connectivity index (χ3v) is 3.10. The van der Waals surface area contributed by atoms with Gasteiger partial charge in [-0.3, -0.25) is 4.79 Å². The van der Waals surface area contributed by atoms with E-state index in [0.717, 1.165) is 11.3 Å². The number of ether oxygens (including phenoxy) is 1. The number of hydrogen-bond donors (Lipinski definition) is 2. The molecule has 0 bridgehead atoms. The summed E-state index contributed by atoms with van der Waals surface area (Å²) in [6, 6.07) is 11.2. The summed E-state index contributed by atoms with van der Waals surface area (Å²) in [5, 5.41) is 2.81. The molecule has 3 N–H and O–H groups in total. The van der Waals surface area contributed by atoms with Gasteiger partial charge < -0.3 is 20.2 Å². The molecule has 0 aliphatic rings. The van der Waals surface area contributed by atoms with Crippen molar-refractivity contribution in [3.05, 3.63) is 54.0 Å². The van der Waals surface area contributed by atoms with E-state index in [4.69, 9.17) is 14.9 Å². The Balaban J connectivity index is 0.00000242.